The highest BCUT2D eigenvalue weighted by Gasteiger charge is 2.12. The number of benzene rings is 2. The number of nitrogens with zero attached hydrogens (tertiary/aromatic N) is 4. The smallest absolute Gasteiger partial charge is 0.130 e. The van der Waals surface area contributed by atoms with Gasteiger partial charge in [0.25, 0.3) is 0 Å². The van der Waals surface area contributed by atoms with Crippen LogP contribution < -0.4 is 4.74 Å². The van der Waals surface area contributed by atoms with Gasteiger partial charge in [0.1, 0.15) is 29.2 Å². The number of halogens is 1. The first-order chi connectivity index (χ1) is 12.6. The Morgan fingerprint density at radius 1 is 1.15 bits per heavy atom. The maximum absolute atomic E-state index is 9.08. The quantitative estimate of drug-likeness (QED) is 0.635. The minimum atomic E-state index is 0.00501. The second-order valence-corrected chi connectivity index (χ2v) is 5.80. The summed E-state index contributed by atoms with van der Waals surface area (Å²) in [5, 5.41) is 23.4. The van der Waals surface area contributed by atoms with Crippen molar-refractivity contribution >= 4 is 17.7 Å². The number of methoxy groups -OCH3 is 1. The number of hydrogen-bond acceptors (Lipinski definition) is 4. The number of ether oxygens (including phenoxy) is 1. The molecule has 1 heterocycles. The third kappa shape index (κ3) is 3.59. The molecule has 0 bridgehead atoms. The molecule has 0 saturated carbocycles. The molecule has 3 rings (SSSR count). The maximum atomic E-state index is 9.08. The van der Waals surface area contributed by atoms with E-state index < -0.39 is 0 Å². The monoisotopic (exact) mass is 360 g/mol. The summed E-state index contributed by atoms with van der Waals surface area (Å²) in [4.78, 5) is 0. The summed E-state index contributed by atoms with van der Waals surface area (Å²) in [5.74, 6) is 0.731. The SMILES string of the molecule is COc1ccc(-c2nn(-c3cccc(Cl)c3)cc2C=C(C#N)C#N)cc1. The van der Waals surface area contributed by atoms with Crippen molar-refractivity contribution in [1.82, 2.24) is 9.78 Å². The van der Waals surface area contributed by atoms with Gasteiger partial charge in [-0.25, -0.2) is 4.68 Å². The minimum absolute atomic E-state index is 0.00501. The van der Waals surface area contributed by atoms with Crippen LogP contribution in [0, 0.1) is 22.7 Å². The van der Waals surface area contributed by atoms with Gasteiger partial charge in [0.05, 0.1) is 12.8 Å². The first-order valence-electron chi connectivity index (χ1n) is 7.66. The average molecular weight is 361 g/mol. The Bertz CT molecular complexity index is 1040. The molecule has 3 aromatic rings. The maximum Gasteiger partial charge on any atom is 0.130 e. The van der Waals surface area contributed by atoms with E-state index in [0.717, 1.165) is 17.0 Å². The zero-order chi connectivity index (χ0) is 18.5. The summed E-state index contributed by atoms with van der Waals surface area (Å²) in [7, 11) is 1.60. The minimum Gasteiger partial charge on any atom is -0.497 e. The van der Waals surface area contributed by atoms with E-state index in [1.165, 1.54) is 6.08 Å². The van der Waals surface area contributed by atoms with Crippen molar-refractivity contribution in [3.63, 3.8) is 0 Å². The Kier molecular flexibility index (Phi) is 5.03. The topological polar surface area (TPSA) is 74.6 Å². The first-order valence-corrected chi connectivity index (χ1v) is 8.04. The summed E-state index contributed by atoms with van der Waals surface area (Å²) in [6.45, 7) is 0. The Balaban J connectivity index is 2.16. The third-order valence-corrected chi connectivity index (χ3v) is 3.95. The van der Waals surface area contributed by atoms with E-state index in [1.54, 1.807) is 30.1 Å². The average Bonchev–Trinajstić information content (AvgIpc) is 3.10. The van der Waals surface area contributed by atoms with Crippen LogP contribution in [-0.4, -0.2) is 16.9 Å². The fraction of sp³-hybridized carbons (Fsp3) is 0.0500. The van der Waals surface area contributed by atoms with Crippen LogP contribution in [0.2, 0.25) is 5.02 Å². The molecular formula is C20H13ClN4O. The Hall–Kier alpha value is -3.54. The third-order valence-electron chi connectivity index (χ3n) is 3.72. The fourth-order valence-electron chi connectivity index (χ4n) is 2.46. The summed E-state index contributed by atoms with van der Waals surface area (Å²) in [6.07, 6.45) is 3.29. The van der Waals surface area contributed by atoms with E-state index in [9.17, 15) is 0 Å². The molecule has 0 spiro atoms. The van der Waals surface area contributed by atoms with Crippen molar-refractivity contribution in [1.29, 1.82) is 10.5 Å². The second-order valence-electron chi connectivity index (χ2n) is 5.37. The molecule has 2 aromatic carbocycles. The van der Waals surface area contributed by atoms with Crippen molar-refractivity contribution in [3.8, 4) is 34.8 Å². The van der Waals surface area contributed by atoms with Crippen molar-refractivity contribution in [3.05, 3.63) is 70.9 Å². The number of aromatic nitrogens is 2. The fourth-order valence-corrected chi connectivity index (χ4v) is 2.65. The molecule has 0 fully saturated rings. The van der Waals surface area contributed by atoms with Crippen LogP contribution >= 0.6 is 11.6 Å². The summed E-state index contributed by atoms with van der Waals surface area (Å²) in [6, 6.07) is 18.4. The zero-order valence-corrected chi connectivity index (χ0v) is 14.6. The van der Waals surface area contributed by atoms with E-state index >= 15 is 0 Å². The molecule has 0 aliphatic rings. The van der Waals surface area contributed by atoms with Gasteiger partial charge < -0.3 is 4.74 Å². The van der Waals surface area contributed by atoms with Gasteiger partial charge in [-0.3, -0.25) is 0 Å². The molecule has 6 heteroatoms. The molecule has 0 amide bonds. The van der Waals surface area contributed by atoms with Crippen LogP contribution in [0.1, 0.15) is 5.56 Å². The number of hydrogen-bond donors (Lipinski definition) is 0. The van der Waals surface area contributed by atoms with Crippen molar-refractivity contribution in [2.75, 3.05) is 7.11 Å². The van der Waals surface area contributed by atoms with E-state index in [0.29, 0.717) is 16.3 Å². The predicted octanol–water partition coefficient (Wildman–Crippen LogP) is 4.63. The van der Waals surface area contributed by atoms with Gasteiger partial charge in [-0.2, -0.15) is 15.6 Å². The highest BCUT2D eigenvalue weighted by molar-refractivity contribution is 6.30. The molecule has 0 aliphatic heterocycles. The molecule has 0 N–H and O–H groups in total. The van der Waals surface area contributed by atoms with Crippen LogP contribution in [0.25, 0.3) is 23.0 Å². The molecule has 1 aromatic heterocycles. The van der Waals surface area contributed by atoms with Crippen LogP contribution in [0.4, 0.5) is 0 Å². The molecule has 26 heavy (non-hydrogen) atoms. The predicted molar refractivity (Wildman–Crippen MR) is 99.8 cm³/mol. The summed E-state index contributed by atoms with van der Waals surface area (Å²) in [5.41, 5.74) is 2.93. The largest absolute Gasteiger partial charge is 0.497 e. The van der Waals surface area contributed by atoms with Crippen LogP contribution in [0.15, 0.2) is 60.3 Å². The molecular weight excluding hydrogens is 348 g/mol. The van der Waals surface area contributed by atoms with E-state index in [1.807, 2.05) is 48.5 Å². The van der Waals surface area contributed by atoms with Gasteiger partial charge in [-0.05, 0) is 48.5 Å². The highest BCUT2D eigenvalue weighted by atomic mass is 35.5. The zero-order valence-electron chi connectivity index (χ0n) is 13.8. The summed E-state index contributed by atoms with van der Waals surface area (Å²) < 4.78 is 6.85. The lowest BCUT2D eigenvalue weighted by Gasteiger charge is -2.03. The lowest BCUT2D eigenvalue weighted by Crippen LogP contribution is -1.94. The van der Waals surface area contributed by atoms with E-state index in [-0.39, 0.29) is 5.57 Å². The number of nitriles is 2. The number of allylic oxidation sites excluding steroid dienone is 1. The molecule has 0 atom stereocenters. The molecule has 0 unspecified atom stereocenters. The molecule has 126 valence electrons. The van der Waals surface area contributed by atoms with Gasteiger partial charge >= 0.3 is 0 Å². The van der Waals surface area contributed by atoms with Gasteiger partial charge in [-0.15, -0.1) is 0 Å². The van der Waals surface area contributed by atoms with E-state index in [2.05, 4.69) is 5.10 Å². The van der Waals surface area contributed by atoms with Crippen molar-refractivity contribution in [2.24, 2.45) is 0 Å². The molecule has 5 nitrogen and oxygen atoms in total. The van der Waals surface area contributed by atoms with Crippen LogP contribution in [-0.2, 0) is 0 Å². The van der Waals surface area contributed by atoms with Crippen LogP contribution in [0.3, 0.4) is 0 Å². The van der Waals surface area contributed by atoms with Gasteiger partial charge in [-0.1, -0.05) is 17.7 Å². The lowest BCUT2D eigenvalue weighted by atomic mass is 10.1. The molecule has 0 saturated heterocycles. The van der Waals surface area contributed by atoms with Gasteiger partial charge in [0.2, 0.25) is 0 Å². The normalized spacial score (nSPS) is 9.85. The van der Waals surface area contributed by atoms with E-state index in [4.69, 9.17) is 26.9 Å². The Morgan fingerprint density at radius 2 is 1.88 bits per heavy atom. The first kappa shape index (κ1) is 17.3. The highest BCUT2D eigenvalue weighted by Crippen LogP contribution is 2.27. The Morgan fingerprint density at radius 3 is 2.50 bits per heavy atom. The molecule has 0 radical (unpaired) electrons. The van der Waals surface area contributed by atoms with Crippen molar-refractivity contribution < 1.29 is 4.74 Å². The second kappa shape index (κ2) is 7.57. The van der Waals surface area contributed by atoms with Gasteiger partial charge in [0, 0.05) is 22.3 Å². The summed E-state index contributed by atoms with van der Waals surface area (Å²) >= 11 is 6.07. The van der Waals surface area contributed by atoms with Gasteiger partial charge in [0.15, 0.2) is 0 Å². The lowest BCUT2D eigenvalue weighted by molar-refractivity contribution is 0.415. The molecule has 0 aliphatic carbocycles. The number of rotatable bonds is 4. The van der Waals surface area contributed by atoms with Crippen molar-refractivity contribution in [2.45, 2.75) is 0 Å². The Labute approximate surface area is 155 Å². The van der Waals surface area contributed by atoms with Crippen LogP contribution in [0.5, 0.6) is 5.75 Å². The standard InChI is InChI=1S/C20H13ClN4O/c1-26-19-7-5-15(6-8-19)20-16(9-14(11-22)12-23)13-25(24-20)18-4-2-3-17(21)10-18/h2-10,13H,1H3.